The number of aromatic nitrogens is 1. The Morgan fingerprint density at radius 2 is 1.73 bits per heavy atom. The van der Waals surface area contributed by atoms with Crippen molar-refractivity contribution in [3.05, 3.63) is 48.0 Å². The molecule has 1 aliphatic heterocycles. The topological polar surface area (TPSA) is 54.9 Å². The minimum Gasteiger partial charge on any atom is -0.486 e. The van der Waals surface area contributed by atoms with Crippen LogP contribution in [0.1, 0.15) is 19.4 Å². The van der Waals surface area contributed by atoms with Crippen LogP contribution in [0.2, 0.25) is 0 Å². The molecule has 0 spiro atoms. The number of nitrogens with zero attached hydrogens (tertiary/aromatic N) is 3. The second-order valence-electron chi connectivity index (χ2n) is 7.19. The molecule has 0 saturated heterocycles. The number of hydrogen-bond donors (Lipinski definition) is 0. The lowest BCUT2D eigenvalue weighted by atomic mass is 10.1. The smallest absolute Gasteiger partial charge is 0.233 e. The van der Waals surface area contributed by atoms with Crippen molar-refractivity contribution in [1.82, 2.24) is 9.88 Å². The van der Waals surface area contributed by atoms with E-state index in [4.69, 9.17) is 14.5 Å². The maximum absolute atomic E-state index is 13.3. The molecule has 7 heteroatoms. The maximum atomic E-state index is 13.3. The number of carbonyl (C=O) groups is 1. The van der Waals surface area contributed by atoms with E-state index in [9.17, 15) is 4.79 Å². The van der Waals surface area contributed by atoms with Crippen molar-refractivity contribution < 1.29 is 14.3 Å². The Bertz CT molecular complexity index is 959. The van der Waals surface area contributed by atoms with Crippen LogP contribution in [0.4, 0.5) is 5.13 Å². The van der Waals surface area contributed by atoms with Crippen LogP contribution >= 0.6 is 11.3 Å². The molecule has 1 amide bonds. The van der Waals surface area contributed by atoms with Gasteiger partial charge in [-0.2, -0.15) is 0 Å². The van der Waals surface area contributed by atoms with Crippen LogP contribution in [-0.4, -0.2) is 55.2 Å². The second-order valence-corrected chi connectivity index (χ2v) is 8.20. The highest BCUT2D eigenvalue weighted by Crippen LogP contribution is 2.38. The van der Waals surface area contributed by atoms with Crippen LogP contribution in [0, 0.1) is 0 Å². The summed E-state index contributed by atoms with van der Waals surface area (Å²) in [4.78, 5) is 22.2. The van der Waals surface area contributed by atoms with Crippen molar-refractivity contribution in [2.75, 3.05) is 44.3 Å². The molecule has 1 aliphatic rings. The van der Waals surface area contributed by atoms with E-state index < -0.39 is 0 Å². The first-order chi connectivity index (χ1) is 14.7. The zero-order valence-corrected chi connectivity index (χ0v) is 18.3. The van der Waals surface area contributed by atoms with Crippen LogP contribution in [0.15, 0.2) is 42.5 Å². The molecular formula is C23H27N3O3S. The molecule has 0 aliphatic carbocycles. The van der Waals surface area contributed by atoms with Gasteiger partial charge in [0.15, 0.2) is 16.6 Å². The Morgan fingerprint density at radius 3 is 2.43 bits per heavy atom. The number of carbonyl (C=O) groups excluding carboxylic acids is 1. The Hall–Kier alpha value is -2.64. The molecule has 0 saturated carbocycles. The predicted octanol–water partition coefficient (Wildman–Crippen LogP) is 3.99. The summed E-state index contributed by atoms with van der Waals surface area (Å²) in [6, 6.07) is 13.7. The van der Waals surface area contributed by atoms with Gasteiger partial charge >= 0.3 is 0 Å². The largest absolute Gasteiger partial charge is 0.486 e. The van der Waals surface area contributed by atoms with Gasteiger partial charge in [0, 0.05) is 25.2 Å². The Kier molecular flexibility index (Phi) is 6.50. The Labute approximate surface area is 181 Å². The highest BCUT2D eigenvalue weighted by atomic mass is 32.1. The average Bonchev–Trinajstić information content (AvgIpc) is 3.18. The first kappa shape index (κ1) is 20.6. The quantitative estimate of drug-likeness (QED) is 0.546. The monoisotopic (exact) mass is 425 g/mol. The lowest BCUT2D eigenvalue weighted by Gasteiger charge is -2.24. The van der Waals surface area contributed by atoms with Crippen LogP contribution < -0.4 is 14.4 Å². The SMILES string of the molecule is CCN(CC)CCN(C(=O)Cc1ccccc1)c1nc2cc3c(cc2s1)OCCO3. The van der Waals surface area contributed by atoms with Crippen molar-refractivity contribution in [2.45, 2.75) is 20.3 Å². The molecule has 0 atom stereocenters. The minimum atomic E-state index is 0.0599. The number of rotatable bonds is 8. The van der Waals surface area contributed by atoms with Gasteiger partial charge in [-0.05, 0) is 18.7 Å². The number of likely N-dealkylation sites (N-methyl/N-ethyl adjacent to an activating group) is 1. The van der Waals surface area contributed by atoms with Gasteiger partial charge in [-0.25, -0.2) is 4.98 Å². The fourth-order valence-corrected chi connectivity index (χ4v) is 4.56. The summed E-state index contributed by atoms with van der Waals surface area (Å²) in [5.74, 6) is 1.52. The second kappa shape index (κ2) is 9.45. The first-order valence-corrected chi connectivity index (χ1v) is 11.3. The van der Waals surface area contributed by atoms with E-state index in [-0.39, 0.29) is 5.91 Å². The van der Waals surface area contributed by atoms with Crippen LogP contribution in [0.25, 0.3) is 10.2 Å². The zero-order chi connectivity index (χ0) is 20.9. The van der Waals surface area contributed by atoms with Gasteiger partial charge in [0.25, 0.3) is 0 Å². The van der Waals surface area contributed by atoms with Crippen LogP contribution in [-0.2, 0) is 11.2 Å². The molecular weight excluding hydrogens is 398 g/mol. The maximum Gasteiger partial charge on any atom is 0.233 e. The summed E-state index contributed by atoms with van der Waals surface area (Å²) in [6.07, 6.45) is 0.359. The first-order valence-electron chi connectivity index (χ1n) is 10.4. The molecule has 2 aromatic carbocycles. The van der Waals surface area contributed by atoms with E-state index in [1.165, 1.54) is 11.3 Å². The van der Waals surface area contributed by atoms with Gasteiger partial charge in [-0.1, -0.05) is 55.5 Å². The molecule has 1 aromatic heterocycles. The number of anilines is 1. The summed E-state index contributed by atoms with van der Waals surface area (Å²) >= 11 is 1.52. The van der Waals surface area contributed by atoms with Gasteiger partial charge in [0.1, 0.15) is 13.2 Å². The molecule has 6 nitrogen and oxygen atoms in total. The third kappa shape index (κ3) is 4.57. The molecule has 0 fully saturated rings. The number of thiazole rings is 1. The lowest BCUT2D eigenvalue weighted by Crippen LogP contribution is -2.39. The van der Waals surface area contributed by atoms with Crippen molar-refractivity contribution in [3.8, 4) is 11.5 Å². The fourth-order valence-electron chi connectivity index (χ4n) is 3.54. The highest BCUT2D eigenvalue weighted by Gasteiger charge is 2.22. The molecule has 30 heavy (non-hydrogen) atoms. The molecule has 0 radical (unpaired) electrons. The van der Waals surface area contributed by atoms with Crippen molar-refractivity contribution >= 4 is 32.6 Å². The standard InChI is InChI=1S/C23H27N3O3S/c1-3-25(4-2)10-11-26(22(27)14-17-8-6-5-7-9-17)23-24-18-15-19-20(16-21(18)30-23)29-13-12-28-19/h5-9,15-16H,3-4,10-14H2,1-2H3. The van der Waals surface area contributed by atoms with Crippen LogP contribution in [0.5, 0.6) is 11.5 Å². The number of fused-ring (bicyclic) bond motifs is 2. The number of ether oxygens (including phenoxy) is 2. The normalized spacial score (nSPS) is 13.0. The third-order valence-electron chi connectivity index (χ3n) is 5.31. The number of amides is 1. The van der Waals surface area contributed by atoms with Crippen LogP contribution in [0.3, 0.4) is 0 Å². The van der Waals surface area contributed by atoms with Gasteiger partial charge in [-0.3, -0.25) is 9.69 Å². The summed E-state index contributed by atoms with van der Waals surface area (Å²) < 4.78 is 12.4. The average molecular weight is 426 g/mol. The van der Waals surface area contributed by atoms with Crippen molar-refractivity contribution in [3.63, 3.8) is 0 Å². The Morgan fingerprint density at radius 1 is 1.03 bits per heavy atom. The zero-order valence-electron chi connectivity index (χ0n) is 17.5. The Balaban J connectivity index is 1.62. The van der Waals surface area contributed by atoms with E-state index in [1.54, 1.807) is 0 Å². The van der Waals surface area contributed by atoms with Gasteiger partial charge < -0.3 is 14.4 Å². The molecule has 4 rings (SSSR count). The van der Waals surface area contributed by atoms with E-state index in [2.05, 4.69) is 18.7 Å². The van der Waals surface area contributed by atoms with E-state index in [1.807, 2.05) is 47.4 Å². The predicted molar refractivity (Wildman–Crippen MR) is 121 cm³/mol. The molecule has 0 N–H and O–H groups in total. The lowest BCUT2D eigenvalue weighted by molar-refractivity contribution is -0.118. The van der Waals surface area contributed by atoms with Gasteiger partial charge in [0.05, 0.1) is 16.6 Å². The summed E-state index contributed by atoms with van der Waals surface area (Å²) in [7, 11) is 0. The number of hydrogen-bond acceptors (Lipinski definition) is 6. The van der Waals surface area contributed by atoms with E-state index >= 15 is 0 Å². The summed E-state index contributed by atoms with van der Waals surface area (Å²) in [6.45, 7) is 8.71. The number of benzene rings is 2. The summed E-state index contributed by atoms with van der Waals surface area (Å²) in [5, 5.41) is 0.723. The minimum absolute atomic E-state index is 0.0599. The van der Waals surface area contributed by atoms with Gasteiger partial charge in [-0.15, -0.1) is 0 Å². The van der Waals surface area contributed by atoms with E-state index in [0.29, 0.717) is 26.2 Å². The van der Waals surface area contributed by atoms with Crippen molar-refractivity contribution in [1.29, 1.82) is 0 Å². The molecule has 0 bridgehead atoms. The fraction of sp³-hybridized carbons (Fsp3) is 0.391. The third-order valence-corrected chi connectivity index (χ3v) is 6.35. The molecule has 2 heterocycles. The molecule has 158 valence electrons. The van der Waals surface area contributed by atoms with Gasteiger partial charge in [0.2, 0.25) is 5.91 Å². The molecule has 0 unspecified atom stereocenters. The summed E-state index contributed by atoms with van der Waals surface area (Å²) in [5.41, 5.74) is 1.84. The van der Waals surface area contributed by atoms with E-state index in [0.717, 1.165) is 52.0 Å². The molecule has 3 aromatic rings. The highest BCUT2D eigenvalue weighted by molar-refractivity contribution is 7.22. The van der Waals surface area contributed by atoms with Crippen molar-refractivity contribution in [2.24, 2.45) is 0 Å².